The highest BCUT2D eigenvalue weighted by atomic mass is 15.1. The summed E-state index contributed by atoms with van der Waals surface area (Å²) in [7, 11) is 0. The number of rotatable bonds is 9. The molecule has 0 bridgehead atoms. The molecule has 1 unspecified atom stereocenters. The second-order valence-electron chi connectivity index (χ2n) is 6.54. The Labute approximate surface area is 125 Å². The van der Waals surface area contributed by atoms with Crippen LogP contribution in [0.25, 0.3) is 0 Å². The Balaban J connectivity index is 2.04. The minimum absolute atomic E-state index is 0.427. The number of guanidine groups is 1. The van der Waals surface area contributed by atoms with Gasteiger partial charge in [-0.25, -0.2) is 0 Å². The van der Waals surface area contributed by atoms with Gasteiger partial charge in [-0.2, -0.15) is 0 Å². The summed E-state index contributed by atoms with van der Waals surface area (Å²) in [6, 6.07) is 0.427. The van der Waals surface area contributed by atoms with Crippen LogP contribution in [-0.4, -0.2) is 43.1 Å². The van der Waals surface area contributed by atoms with Crippen LogP contribution in [0.2, 0.25) is 0 Å². The van der Waals surface area contributed by atoms with E-state index in [-0.39, 0.29) is 0 Å². The summed E-state index contributed by atoms with van der Waals surface area (Å²) >= 11 is 0. The van der Waals surface area contributed by atoms with Gasteiger partial charge in [0.15, 0.2) is 5.96 Å². The summed E-state index contributed by atoms with van der Waals surface area (Å²) in [5.41, 5.74) is 5.93. The monoisotopic (exact) mass is 282 g/mol. The van der Waals surface area contributed by atoms with E-state index >= 15 is 0 Å². The largest absolute Gasteiger partial charge is 0.370 e. The average molecular weight is 282 g/mol. The zero-order valence-corrected chi connectivity index (χ0v) is 13.7. The predicted octanol–water partition coefficient (Wildman–Crippen LogP) is 2.59. The Hall–Kier alpha value is -0.770. The van der Waals surface area contributed by atoms with E-state index in [4.69, 9.17) is 5.73 Å². The molecule has 1 heterocycles. The summed E-state index contributed by atoms with van der Waals surface area (Å²) in [6.45, 7) is 11.3. The van der Waals surface area contributed by atoms with E-state index in [1.54, 1.807) is 0 Å². The molecule has 4 heteroatoms. The highest BCUT2D eigenvalue weighted by Crippen LogP contribution is 2.08. The molecule has 0 aromatic rings. The molecular weight excluding hydrogens is 248 g/mol. The summed E-state index contributed by atoms with van der Waals surface area (Å²) in [6.07, 6.45) is 7.56. The predicted molar refractivity (Wildman–Crippen MR) is 88.1 cm³/mol. The maximum Gasteiger partial charge on any atom is 0.188 e. The third kappa shape index (κ3) is 8.41. The molecule has 20 heavy (non-hydrogen) atoms. The first kappa shape index (κ1) is 17.3. The van der Waals surface area contributed by atoms with Crippen molar-refractivity contribution < 1.29 is 0 Å². The zero-order valence-electron chi connectivity index (χ0n) is 13.7. The summed E-state index contributed by atoms with van der Waals surface area (Å²) < 4.78 is 0. The number of nitrogens with two attached hydrogens (primary N) is 1. The van der Waals surface area contributed by atoms with E-state index in [1.165, 1.54) is 51.7 Å². The highest BCUT2D eigenvalue weighted by molar-refractivity contribution is 5.78. The van der Waals surface area contributed by atoms with Crippen molar-refractivity contribution in [1.82, 2.24) is 10.2 Å². The normalized spacial score (nSPS) is 18.7. The number of nitrogens with one attached hydrogen (secondary N) is 1. The second-order valence-corrected chi connectivity index (χ2v) is 6.54. The zero-order chi connectivity index (χ0) is 14.8. The lowest BCUT2D eigenvalue weighted by Crippen LogP contribution is -2.38. The van der Waals surface area contributed by atoms with Crippen molar-refractivity contribution in [2.24, 2.45) is 16.6 Å². The van der Waals surface area contributed by atoms with Crippen molar-refractivity contribution in [1.29, 1.82) is 0 Å². The molecule has 1 rings (SSSR count). The van der Waals surface area contributed by atoms with E-state index in [0.29, 0.717) is 12.0 Å². The van der Waals surface area contributed by atoms with Crippen molar-refractivity contribution in [3.05, 3.63) is 0 Å². The Kier molecular flexibility index (Phi) is 8.67. The molecule has 0 amide bonds. The highest BCUT2D eigenvalue weighted by Gasteiger charge is 2.10. The molecule has 0 aromatic heterocycles. The topological polar surface area (TPSA) is 53.6 Å². The van der Waals surface area contributed by atoms with Gasteiger partial charge in [0.1, 0.15) is 0 Å². The van der Waals surface area contributed by atoms with Crippen LogP contribution in [0, 0.1) is 5.92 Å². The molecule has 1 aliphatic rings. The first-order chi connectivity index (χ1) is 9.58. The minimum Gasteiger partial charge on any atom is -0.370 e. The maximum atomic E-state index is 5.93. The average Bonchev–Trinajstić information content (AvgIpc) is 2.87. The van der Waals surface area contributed by atoms with Gasteiger partial charge in [0, 0.05) is 12.6 Å². The van der Waals surface area contributed by atoms with E-state index < -0.39 is 0 Å². The number of aliphatic imine (C=N–C) groups is 1. The van der Waals surface area contributed by atoms with E-state index in [2.05, 4.69) is 36.0 Å². The van der Waals surface area contributed by atoms with Crippen molar-refractivity contribution in [3.63, 3.8) is 0 Å². The molecule has 1 saturated heterocycles. The van der Waals surface area contributed by atoms with Gasteiger partial charge in [-0.05, 0) is 58.2 Å². The van der Waals surface area contributed by atoms with Gasteiger partial charge >= 0.3 is 0 Å². The van der Waals surface area contributed by atoms with Crippen molar-refractivity contribution in [2.75, 3.05) is 26.2 Å². The van der Waals surface area contributed by atoms with Crippen LogP contribution in [0.1, 0.15) is 59.3 Å². The van der Waals surface area contributed by atoms with E-state index in [0.717, 1.165) is 18.9 Å². The minimum atomic E-state index is 0.427. The van der Waals surface area contributed by atoms with Gasteiger partial charge in [-0.15, -0.1) is 0 Å². The molecule has 0 aliphatic carbocycles. The Morgan fingerprint density at radius 2 is 1.85 bits per heavy atom. The SMILES string of the molecule is CC(C)CCCC(C)NC(N)=NCCCN1CCCC1. The van der Waals surface area contributed by atoms with Crippen LogP contribution in [-0.2, 0) is 0 Å². The molecule has 3 N–H and O–H groups in total. The number of nitrogens with zero attached hydrogens (tertiary/aromatic N) is 2. The van der Waals surface area contributed by atoms with E-state index in [9.17, 15) is 0 Å². The summed E-state index contributed by atoms with van der Waals surface area (Å²) in [4.78, 5) is 6.95. The lowest BCUT2D eigenvalue weighted by atomic mass is 10.0. The van der Waals surface area contributed by atoms with E-state index in [1.807, 2.05) is 0 Å². The van der Waals surface area contributed by atoms with Crippen molar-refractivity contribution in [3.8, 4) is 0 Å². The van der Waals surface area contributed by atoms with Crippen LogP contribution in [0.5, 0.6) is 0 Å². The Morgan fingerprint density at radius 3 is 2.50 bits per heavy atom. The molecular formula is C16H34N4. The maximum absolute atomic E-state index is 5.93. The van der Waals surface area contributed by atoms with Gasteiger partial charge in [-0.3, -0.25) is 4.99 Å². The molecule has 1 aliphatic heterocycles. The molecule has 1 fully saturated rings. The number of hydrogen-bond donors (Lipinski definition) is 2. The lowest BCUT2D eigenvalue weighted by molar-refractivity contribution is 0.336. The molecule has 118 valence electrons. The molecule has 0 aromatic carbocycles. The Morgan fingerprint density at radius 1 is 1.15 bits per heavy atom. The van der Waals surface area contributed by atoms with Crippen molar-refractivity contribution >= 4 is 5.96 Å². The molecule has 0 radical (unpaired) electrons. The van der Waals surface area contributed by atoms with Gasteiger partial charge < -0.3 is 16.0 Å². The standard InChI is InChI=1S/C16H34N4/c1-14(2)8-6-9-15(3)19-16(17)18-10-7-13-20-11-4-5-12-20/h14-15H,4-13H2,1-3H3,(H3,17,18,19). The van der Waals surface area contributed by atoms with Crippen LogP contribution >= 0.6 is 0 Å². The van der Waals surface area contributed by atoms with Crippen LogP contribution in [0.15, 0.2) is 4.99 Å². The fourth-order valence-corrected chi connectivity index (χ4v) is 2.70. The smallest absolute Gasteiger partial charge is 0.188 e. The second kappa shape index (κ2) is 10.0. The fourth-order valence-electron chi connectivity index (χ4n) is 2.70. The molecule has 4 nitrogen and oxygen atoms in total. The fraction of sp³-hybridized carbons (Fsp3) is 0.938. The number of likely N-dealkylation sites (tertiary alicyclic amines) is 1. The molecule has 0 saturated carbocycles. The van der Waals surface area contributed by atoms with Crippen LogP contribution < -0.4 is 11.1 Å². The summed E-state index contributed by atoms with van der Waals surface area (Å²) in [5, 5.41) is 3.30. The van der Waals surface area contributed by atoms with Crippen LogP contribution in [0.4, 0.5) is 0 Å². The molecule has 1 atom stereocenters. The third-order valence-electron chi connectivity index (χ3n) is 3.93. The Bertz CT molecular complexity index is 270. The molecule has 0 spiro atoms. The van der Waals surface area contributed by atoms with Gasteiger partial charge in [-0.1, -0.05) is 26.7 Å². The van der Waals surface area contributed by atoms with Gasteiger partial charge in [0.2, 0.25) is 0 Å². The first-order valence-electron chi connectivity index (χ1n) is 8.36. The summed E-state index contributed by atoms with van der Waals surface area (Å²) in [5.74, 6) is 1.40. The third-order valence-corrected chi connectivity index (χ3v) is 3.93. The van der Waals surface area contributed by atoms with Gasteiger partial charge in [0.25, 0.3) is 0 Å². The first-order valence-corrected chi connectivity index (χ1v) is 8.36. The quantitative estimate of drug-likeness (QED) is 0.388. The lowest BCUT2D eigenvalue weighted by Gasteiger charge is -2.15. The number of hydrogen-bond acceptors (Lipinski definition) is 2. The van der Waals surface area contributed by atoms with Gasteiger partial charge in [0.05, 0.1) is 0 Å². The van der Waals surface area contributed by atoms with Crippen molar-refractivity contribution in [2.45, 2.75) is 65.3 Å². The van der Waals surface area contributed by atoms with Crippen LogP contribution in [0.3, 0.4) is 0 Å².